The van der Waals surface area contributed by atoms with E-state index in [0.717, 1.165) is 35.6 Å². The molecular weight excluding hydrogens is 581 g/mol. The van der Waals surface area contributed by atoms with Crippen LogP contribution in [-0.2, 0) is 0 Å². The van der Waals surface area contributed by atoms with E-state index in [4.69, 9.17) is 0 Å². The molecule has 0 spiro atoms. The first-order chi connectivity index (χ1) is 23.6. The van der Waals surface area contributed by atoms with E-state index in [2.05, 4.69) is 200 Å². The number of para-hydroxylation sites is 2. The molecule has 0 fully saturated rings. The van der Waals surface area contributed by atoms with E-state index >= 15 is 0 Å². The summed E-state index contributed by atoms with van der Waals surface area (Å²) in [5.74, 6) is 0.240. The summed E-state index contributed by atoms with van der Waals surface area (Å²) >= 11 is 0. The van der Waals surface area contributed by atoms with Crippen molar-refractivity contribution in [3.05, 3.63) is 192 Å². The summed E-state index contributed by atoms with van der Waals surface area (Å²) in [7, 11) is 0. The van der Waals surface area contributed by atoms with E-state index in [1.165, 1.54) is 44.4 Å². The Morgan fingerprint density at radius 3 is 1.69 bits per heavy atom. The van der Waals surface area contributed by atoms with Gasteiger partial charge in [-0.1, -0.05) is 127 Å². The molecule has 2 nitrogen and oxygen atoms in total. The fourth-order valence-electron chi connectivity index (χ4n) is 6.81. The molecule has 0 heterocycles. The Labute approximate surface area is 285 Å². The minimum atomic E-state index is 0.240. The van der Waals surface area contributed by atoms with Gasteiger partial charge in [-0.2, -0.15) is 0 Å². The fraction of sp³-hybridized carbons (Fsp3) is 0.130. The van der Waals surface area contributed by atoms with Crippen LogP contribution >= 0.6 is 0 Å². The Morgan fingerprint density at radius 1 is 0.562 bits per heavy atom. The molecule has 7 rings (SSSR count). The quantitative estimate of drug-likeness (QED) is 0.175. The Kier molecular flexibility index (Phi) is 9.07. The Balaban J connectivity index is 1.53. The zero-order valence-corrected chi connectivity index (χ0v) is 28.1. The average Bonchev–Trinajstić information content (AvgIpc) is 3.13. The van der Waals surface area contributed by atoms with Crippen molar-refractivity contribution in [2.75, 3.05) is 9.80 Å². The highest BCUT2D eigenvalue weighted by Crippen LogP contribution is 2.45. The van der Waals surface area contributed by atoms with Crippen LogP contribution in [0.4, 0.5) is 28.4 Å². The molecule has 0 aromatic heterocycles. The third-order valence-corrected chi connectivity index (χ3v) is 9.31. The monoisotopic (exact) mass is 622 g/mol. The molecule has 0 radical (unpaired) electrons. The van der Waals surface area contributed by atoms with Crippen molar-refractivity contribution < 1.29 is 0 Å². The van der Waals surface area contributed by atoms with E-state index in [1.807, 2.05) is 0 Å². The zero-order chi connectivity index (χ0) is 32.9. The van der Waals surface area contributed by atoms with Crippen molar-refractivity contribution in [2.24, 2.45) is 0 Å². The molecule has 1 atom stereocenters. The van der Waals surface area contributed by atoms with Crippen molar-refractivity contribution in [2.45, 2.75) is 39.5 Å². The second kappa shape index (κ2) is 14.0. The number of hydrogen-bond acceptors (Lipinski definition) is 2. The van der Waals surface area contributed by atoms with Crippen molar-refractivity contribution >= 4 is 45.3 Å². The summed E-state index contributed by atoms with van der Waals surface area (Å²) in [5, 5.41) is 2.48. The molecule has 0 saturated heterocycles. The van der Waals surface area contributed by atoms with Gasteiger partial charge in [0.05, 0.1) is 5.69 Å². The lowest BCUT2D eigenvalue weighted by Crippen LogP contribution is -2.17. The highest BCUT2D eigenvalue weighted by Gasteiger charge is 2.23. The van der Waals surface area contributed by atoms with Gasteiger partial charge < -0.3 is 9.80 Å². The fourth-order valence-corrected chi connectivity index (χ4v) is 6.81. The lowest BCUT2D eigenvalue weighted by Gasteiger charge is -2.31. The summed E-state index contributed by atoms with van der Waals surface area (Å²) in [4.78, 5) is 4.84. The van der Waals surface area contributed by atoms with Gasteiger partial charge in [-0.05, 0) is 97.5 Å². The molecule has 0 bridgehead atoms. The van der Waals surface area contributed by atoms with E-state index in [9.17, 15) is 0 Å². The van der Waals surface area contributed by atoms with Crippen molar-refractivity contribution in [1.82, 2.24) is 0 Å². The molecule has 2 heteroatoms. The van der Waals surface area contributed by atoms with Crippen LogP contribution in [0.1, 0.15) is 47.9 Å². The zero-order valence-electron chi connectivity index (χ0n) is 28.1. The van der Waals surface area contributed by atoms with Crippen LogP contribution in [0.3, 0.4) is 0 Å². The third-order valence-electron chi connectivity index (χ3n) is 9.31. The van der Waals surface area contributed by atoms with E-state index in [1.54, 1.807) is 0 Å². The van der Waals surface area contributed by atoms with Crippen LogP contribution in [0.2, 0.25) is 0 Å². The Morgan fingerprint density at radius 2 is 1.08 bits per heavy atom. The maximum atomic E-state index is 2.46. The summed E-state index contributed by atoms with van der Waals surface area (Å²) in [5.41, 5.74) is 12.1. The predicted molar refractivity (Wildman–Crippen MR) is 207 cm³/mol. The summed E-state index contributed by atoms with van der Waals surface area (Å²) < 4.78 is 0. The molecular formula is C46H42N2. The van der Waals surface area contributed by atoms with Gasteiger partial charge in [0.2, 0.25) is 0 Å². The number of aryl methyl sites for hydroxylation is 2. The molecule has 48 heavy (non-hydrogen) atoms. The second-order valence-corrected chi connectivity index (χ2v) is 12.6. The average molecular weight is 623 g/mol. The molecule has 0 saturated carbocycles. The van der Waals surface area contributed by atoms with E-state index < -0.39 is 0 Å². The number of allylic oxidation sites excluding steroid dienone is 4. The molecule has 1 unspecified atom stereocenters. The first-order valence-corrected chi connectivity index (χ1v) is 17.0. The molecule has 6 aromatic rings. The number of hydrogen-bond donors (Lipinski definition) is 0. The van der Waals surface area contributed by atoms with Crippen LogP contribution in [0, 0.1) is 13.8 Å². The van der Waals surface area contributed by atoms with Gasteiger partial charge in [0.1, 0.15) is 0 Å². The van der Waals surface area contributed by atoms with Crippen LogP contribution < -0.4 is 9.80 Å². The summed E-state index contributed by atoms with van der Waals surface area (Å²) in [6.45, 7) is 6.59. The number of fused-ring (bicyclic) bond motifs is 3. The molecule has 236 valence electrons. The molecule has 6 aromatic carbocycles. The second-order valence-electron chi connectivity index (χ2n) is 12.6. The number of benzene rings is 6. The van der Waals surface area contributed by atoms with E-state index in [-0.39, 0.29) is 5.92 Å². The number of anilines is 5. The van der Waals surface area contributed by atoms with Crippen LogP contribution in [-0.4, -0.2) is 0 Å². The van der Waals surface area contributed by atoms with Gasteiger partial charge in [-0.15, -0.1) is 0 Å². The van der Waals surface area contributed by atoms with Crippen molar-refractivity contribution in [3.63, 3.8) is 0 Å². The topological polar surface area (TPSA) is 6.48 Å². The standard InChI is InChI=1S/C46H42N2/c1-4-36-16-8-5-13-21-41(47(37-17-9-6-10-18-37)39-28-24-34(2)25-29-39)32-45-42-22-14-15-23-43(42)46(33-44(36)45)48(38-19-11-7-12-20-38)40-30-26-35(3)27-31-40/h5-20,22-33,36H,4,21H2,1-3H3/b13-5-,16-8-,41-32+. The molecule has 0 aliphatic heterocycles. The van der Waals surface area contributed by atoms with E-state index in [0.29, 0.717) is 0 Å². The molecule has 0 amide bonds. The van der Waals surface area contributed by atoms with Gasteiger partial charge in [0.15, 0.2) is 0 Å². The first kappa shape index (κ1) is 31.0. The smallest absolute Gasteiger partial charge is 0.0543 e. The number of nitrogens with zero attached hydrogens (tertiary/aromatic N) is 2. The van der Waals surface area contributed by atoms with Crippen LogP contribution in [0.15, 0.2) is 170 Å². The Hall–Kier alpha value is -5.60. The molecule has 0 N–H and O–H groups in total. The highest BCUT2D eigenvalue weighted by molar-refractivity contribution is 6.04. The van der Waals surface area contributed by atoms with Crippen molar-refractivity contribution in [1.29, 1.82) is 0 Å². The largest absolute Gasteiger partial charge is 0.314 e. The minimum absolute atomic E-state index is 0.240. The maximum Gasteiger partial charge on any atom is 0.0543 e. The summed E-state index contributed by atoms with van der Waals surface area (Å²) in [6.07, 6.45) is 13.4. The van der Waals surface area contributed by atoms with Gasteiger partial charge in [-0.25, -0.2) is 0 Å². The lowest BCUT2D eigenvalue weighted by atomic mass is 9.86. The summed E-state index contributed by atoms with van der Waals surface area (Å²) in [6, 6.07) is 50.7. The van der Waals surface area contributed by atoms with Gasteiger partial charge >= 0.3 is 0 Å². The maximum absolute atomic E-state index is 2.46. The SMILES string of the molecule is CCC1/C=C\C=C/C/C(N(c2ccccc2)c2ccc(C)cc2)=C\c2c1cc(N(c1ccccc1)c1ccc(C)cc1)c1ccccc21. The number of rotatable bonds is 7. The predicted octanol–water partition coefficient (Wildman–Crippen LogP) is 13.1. The van der Waals surface area contributed by atoms with Gasteiger partial charge in [-0.3, -0.25) is 0 Å². The normalized spacial score (nSPS) is 16.7. The minimum Gasteiger partial charge on any atom is -0.314 e. The highest BCUT2D eigenvalue weighted by atomic mass is 15.2. The lowest BCUT2D eigenvalue weighted by molar-refractivity contribution is 0.804. The Bertz CT molecular complexity index is 2090. The van der Waals surface area contributed by atoms with Gasteiger partial charge in [0, 0.05) is 46.2 Å². The third kappa shape index (κ3) is 6.35. The van der Waals surface area contributed by atoms with Crippen LogP contribution in [0.5, 0.6) is 0 Å². The van der Waals surface area contributed by atoms with Gasteiger partial charge in [0.25, 0.3) is 0 Å². The molecule has 1 aliphatic rings. The van der Waals surface area contributed by atoms with Crippen LogP contribution in [0.25, 0.3) is 16.8 Å². The molecule has 1 aliphatic carbocycles. The van der Waals surface area contributed by atoms with Crippen molar-refractivity contribution in [3.8, 4) is 0 Å². The first-order valence-electron chi connectivity index (χ1n) is 17.0.